The Morgan fingerprint density at radius 2 is 1.50 bits per heavy atom. The lowest BCUT2D eigenvalue weighted by Crippen LogP contribution is -2.29. The summed E-state index contributed by atoms with van der Waals surface area (Å²) in [6, 6.07) is 14.2. The van der Waals surface area contributed by atoms with Gasteiger partial charge >= 0.3 is 0 Å². The lowest BCUT2D eigenvalue weighted by Gasteiger charge is -2.22. The first-order valence-corrected chi connectivity index (χ1v) is 10.4. The van der Waals surface area contributed by atoms with Gasteiger partial charge in [0, 0.05) is 28.2 Å². The van der Waals surface area contributed by atoms with Crippen LogP contribution < -0.4 is 10.1 Å². The smallest absolute Gasteiger partial charge is 0.124 e. The van der Waals surface area contributed by atoms with Crippen LogP contribution in [0.2, 0.25) is 10.0 Å². The summed E-state index contributed by atoms with van der Waals surface area (Å²) >= 11 is 12.2. The molecule has 0 heterocycles. The lowest BCUT2D eigenvalue weighted by atomic mass is 9.96. The van der Waals surface area contributed by atoms with Crippen LogP contribution in [0.3, 0.4) is 0 Å². The summed E-state index contributed by atoms with van der Waals surface area (Å²) in [5.74, 6) is 0.891. The quantitative estimate of drug-likeness (QED) is 0.585. The molecule has 2 nitrogen and oxygen atoms in total. The molecule has 0 atom stereocenters. The molecule has 0 aromatic heterocycles. The summed E-state index contributed by atoms with van der Waals surface area (Å²) < 4.78 is 6.06. The average Bonchev–Trinajstić information content (AvgIpc) is 2.61. The van der Waals surface area contributed by atoms with Crippen molar-refractivity contribution in [1.82, 2.24) is 5.32 Å². The fraction of sp³-hybridized carbons (Fsp3) is 0.455. The van der Waals surface area contributed by atoms with Gasteiger partial charge in [-0.25, -0.2) is 0 Å². The van der Waals surface area contributed by atoms with Gasteiger partial charge in [0.1, 0.15) is 12.4 Å². The van der Waals surface area contributed by atoms with Crippen molar-refractivity contribution in [2.45, 2.75) is 64.1 Å². The molecule has 0 saturated heterocycles. The molecule has 0 amide bonds. The van der Waals surface area contributed by atoms with Crippen molar-refractivity contribution in [2.24, 2.45) is 0 Å². The van der Waals surface area contributed by atoms with Crippen LogP contribution in [0.25, 0.3) is 0 Å². The van der Waals surface area contributed by atoms with Crippen LogP contribution in [-0.4, -0.2) is 6.04 Å². The summed E-state index contributed by atoms with van der Waals surface area (Å²) in [6.07, 6.45) is 9.31. The molecule has 1 N–H and O–H groups in total. The third-order valence-corrected chi connectivity index (χ3v) is 5.50. The van der Waals surface area contributed by atoms with Crippen molar-refractivity contribution in [3.8, 4) is 5.75 Å². The van der Waals surface area contributed by atoms with E-state index >= 15 is 0 Å². The molecule has 1 fully saturated rings. The van der Waals surface area contributed by atoms with E-state index in [0.717, 1.165) is 33.5 Å². The molecule has 0 bridgehead atoms. The highest BCUT2D eigenvalue weighted by Gasteiger charge is 2.12. The van der Waals surface area contributed by atoms with Crippen LogP contribution >= 0.6 is 23.2 Å². The first kappa shape index (κ1) is 19.5. The lowest BCUT2D eigenvalue weighted by molar-refractivity contribution is 0.300. The molecule has 26 heavy (non-hydrogen) atoms. The number of hydrogen-bond donors (Lipinski definition) is 1. The van der Waals surface area contributed by atoms with Gasteiger partial charge in [-0.05, 0) is 48.7 Å². The van der Waals surface area contributed by atoms with Gasteiger partial charge in [0.05, 0.1) is 0 Å². The molecule has 4 heteroatoms. The number of halogens is 2. The molecule has 1 aliphatic rings. The second kappa shape index (κ2) is 10.2. The zero-order valence-corrected chi connectivity index (χ0v) is 16.7. The van der Waals surface area contributed by atoms with E-state index in [9.17, 15) is 0 Å². The minimum Gasteiger partial charge on any atom is -0.489 e. The standard InChI is InChI=1S/C22H27Cl2NO/c23-19-10-8-17(9-11-19)16-26-22-13-12-20(24)14-18(22)15-25-21-6-4-2-1-3-5-7-21/h8-14,21,25H,1-7,15-16H2. The zero-order valence-electron chi connectivity index (χ0n) is 15.1. The number of rotatable bonds is 6. The van der Waals surface area contributed by atoms with Crippen molar-refractivity contribution >= 4 is 23.2 Å². The van der Waals surface area contributed by atoms with Gasteiger partial charge in [0.2, 0.25) is 0 Å². The molecule has 0 radical (unpaired) electrons. The van der Waals surface area contributed by atoms with Crippen LogP contribution in [-0.2, 0) is 13.2 Å². The van der Waals surface area contributed by atoms with Gasteiger partial charge in [0.25, 0.3) is 0 Å². The van der Waals surface area contributed by atoms with Crippen LogP contribution in [0.5, 0.6) is 5.75 Å². The maximum Gasteiger partial charge on any atom is 0.124 e. The number of benzene rings is 2. The molecule has 140 valence electrons. The zero-order chi connectivity index (χ0) is 18.2. The predicted molar refractivity (Wildman–Crippen MR) is 110 cm³/mol. The van der Waals surface area contributed by atoms with E-state index in [4.69, 9.17) is 27.9 Å². The van der Waals surface area contributed by atoms with Gasteiger partial charge in [0.15, 0.2) is 0 Å². The number of hydrogen-bond acceptors (Lipinski definition) is 2. The van der Waals surface area contributed by atoms with Crippen molar-refractivity contribution in [3.63, 3.8) is 0 Å². The second-order valence-electron chi connectivity index (χ2n) is 7.09. The Bertz CT molecular complexity index is 679. The molecule has 2 aromatic rings. The third-order valence-electron chi connectivity index (χ3n) is 5.02. The fourth-order valence-electron chi connectivity index (χ4n) is 3.48. The molecule has 0 unspecified atom stereocenters. The van der Waals surface area contributed by atoms with E-state index < -0.39 is 0 Å². The summed E-state index contributed by atoms with van der Waals surface area (Å²) in [5, 5.41) is 5.21. The molecule has 0 spiro atoms. The minimum absolute atomic E-state index is 0.523. The Balaban J connectivity index is 1.60. The summed E-state index contributed by atoms with van der Waals surface area (Å²) in [6.45, 7) is 1.32. The molecular weight excluding hydrogens is 365 g/mol. The van der Waals surface area contributed by atoms with E-state index in [2.05, 4.69) is 5.32 Å². The van der Waals surface area contributed by atoms with E-state index in [-0.39, 0.29) is 0 Å². The second-order valence-corrected chi connectivity index (χ2v) is 7.96. The Morgan fingerprint density at radius 3 is 2.23 bits per heavy atom. The summed E-state index contributed by atoms with van der Waals surface area (Å²) in [4.78, 5) is 0. The molecular formula is C22H27Cl2NO. The monoisotopic (exact) mass is 391 g/mol. The van der Waals surface area contributed by atoms with Gasteiger partial charge < -0.3 is 10.1 Å². The SMILES string of the molecule is Clc1ccc(COc2ccc(Cl)cc2CNC2CCCCCCC2)cc1. The van der Waals surface area contributed by atoms with E-state index in [1.54, 1.807) is 0 Å². The van der Waals surface area contributed by atoms with Crippen LogP contribution in [0.15, 0.2) is 42.5 Å². The van der Waals surface area contributed by atoms with E-state index in [0.29, 0.717) is 12.6 Å². The van der Waals surface area contributed by atoms with Crippen molar-refractivity contribution < 1.29 is 4.74 Å². The highest BCUT2D eigenvalue weighted by molar-refractivity contribution is 6.30. The predicted octanol–water partition coefficient (Wildman–Crippen LogP) is 6.77. The molecule has 1 aliphatic carbocycles. The van der Waals surface area contributed by atoms with Crippen molar-refractivity contribution in [1.29, 1.82) is 0 Å². The Kier molecular flexibility index (Phi) is 7.67. The highest BCUT2D eigenvalue weighted by atomic mass is 35.5. The van der Waals surface area contributed by atoms with Crippen molar-refractivity contribution in [2.75, 3.05) is 0 Å². The summed E-state index contributed by atoms with van der Waals surface area (Å²) in [5.41, 5.74) is 2.22. The molecule has 0 aliphatic heterocycles. The van der Waals surface area contributed by atoms with Crippen LogP contribution in [0, 0.1) is 0 Å². The van der Waals surface area contributed by atoms with E-state index in [1.807, 2.05) is 42.5 Å². The van der Waals surface area contributed by atoms with Gasteiger partial charge in [-0.3, -0.25) is 0 Å². The normalized spacial score (nSPS) is 16.1. The van der Waals surface area contributed by atoms with Gasteiger partial charge in [-0.2, -0.15) is 0 Å². The number of nitrogens with one attached hydrogen (secondary N) is 1. The molecule has 3 rings (SSSR count). The first-order valence-electron chi connectivity index (χ1n) is 9.60. The van der Waals surface area contributed by atoms with Gasteiger partial charge in [-0.1, -0.05) is 67.4 Å². The van der Waals surface area contributed by atoms with Crippen molar-refractivity contribution in [3.05, 3.63) is 63.6 Å². The average molecular weight is 392 g/mol. The minimum atomic E-state index is 0.523. The Labute approximate surface area is 166 Å². The topological polar surface area (TPSA) is 21.3 Å². The highest BCUT2D eigenvalue weighted by Crippen LogP contribution is 2.25. The third kappa shape index (κ3) is 6.19. The molecule has 1 saturated carbocycles. The Morgan fingerprint density at radius 1 is 0.846 bits per heavy atom. The first-order chi connectivity index (χ1) is 12.7. The number of ether oxygens (including phenoxy) is 1. The maximum atomic E-state index is 6.22. The van der Waals surface area contributed by atoms with Crippen LogP contribution in [0.4, 0.5) is 0 Å². The molecule has 2 aromatic carbocycles. The maximum absolute atomic E-state index is 6.22. The fourth-order valence-corrected chi connectivity index (χ4v) is 3.80. The Hall–Kier alpha value is -1.22. The van der Waals surface area contributed by atoms with Gasteiger partial charge in [-0.15, -0.1) is 0 Å². The summed E-state index contributed by atoms with van der Waals surface area (Å²) in [7, 11) is 0. The largest absolute Gasteiger partial charge is 0.489 e. The van der Waals surface area contributed by atoms with Crippen LogP contribution in [0.1, 0.15) is 56.1 Å². The van der Waals surface area contributed by atoms with E-state index in [1.165, 1.54) is 44.9 Å².